The number of ether oxygens (including phenoxy) is 1. The van der Waals surface area contributed by atoms with E-state index in [1.165, 1.54) is 0 Å². The van der Waals surface area contributed by atoms with Crippen LogP contribution in [0.15, 0.2) is 22.7 Å². The summed E-state index contributed by atoms with van der Waals surface area (Å²) in [6.07, 6.45) is 0. The van der Waals surface area contributed by atoms with Gasteiger partial charge in [0.05, 0.1) is 11.6 Å². The van der Waals surface area contributed by atoms with Gasteiger partial charge in [0, 0.05) is 11.6 Å². The Balaban J connectivity index is 3.02. The fourth-order valence-electron chi connectivity index (χ4n) is 1.45. The second kappa shape index (κ2) is 5.17. The molecule has 0 saturated carbocycles. The highest BCUT2D eigenvalue weighted by Crippen LogP contribution is 2.30. The van der Waals surface area contributed by atoms with Crippen molar-refractivity contribution in [3.05, 3.63) is 28.2 Å². The predicted octanol–water partition coefficient (Wildman–Crippen LogP) is 2.46. The molecule has 4 heteroatoms. The highest BCUT2D eigenvalue weighted by molar-refractivity contribution is 9.10. The number of hydrogen-bond acceptors (Lipinski definition) is 3. The molecule has 0 aliphatic carbocycles. The van der Waals surface area contributed by atoms with Crippen molar-refractivity contribution in [2.45, 2.75) is 25.4 Å². The summed E-state index contributed by atoms with van der Waals surface area (Å²) in [5, 5.41) is 3.22. The standard InChI is InChI=1S/C12H19BrN2O/c1-12(2,15-3)11(14)8-5-6-10(16-4)9(13)7-8/h5-7,11,15H,14H2,1-4H3. The molecule has 0 radical (unpaired) electrons. The molecule has 16 heavy (non-hydrogen) atoms. The number of likely N-dealkylation sites (N-methyl/N-ethyl adjacent to an activating group) is 1. The Hall–Kier alpha value is -0.580. The summed E-state index contributed by atoms with van der Waals surface area (Å²) in [7, 11) is 3.57. The van der Waals surface area contributed by atoms with Crippen molar-refractivity contribution in [1.82, 2.24) is 5.32 Å². The van der Waals surface area contributed by atoms with Gasteiger partial charge in [-0.2, -0.15) is 0 Å². The lowest BCUT2D eigenvalue weighted by Gasteiger charge is -2.31. The molecule has 1 aromatic rings. The number of hydrogen-bond donors (Lipinski definition) is 2. The molecule has 1 rings (SSSR count). The van der Waals surface area contributed by atoms with Crippen LogP contribution in [0.3, 0.4) is 0 Å². The third kappa shape index (κ3) is 2.75. The van der Waals surface area contributed by atoms with E-state index in [-0.39, 0.29) is 11.6 Å². The molecule has 0 bridgehead atoms. The first kappa shape index (κ1) is 13.5. The van der Waals surface area contributed by atoms with Crippen LogP contribution in [0.5, 0.6) is 5.75 Å². The first-order valence-electron chi connectivity index (χ1n) is 5.20. The van der Waals surface area contributed by atoms with Gasteiger partial charge in [0.2, 0.25) is 0 Å². The summed E-state index contributed by atoms with van der Waals surface area (Å²) in [4.78, 5) is 0. The lowest BCUT2D eigenvalue weighted by atomic mass is 9.89. The molecule has 1 unspecified atom stereocenters. The summed E-state index contributed by atoms with van der Waals surface area (Å²) < 4.78 is 6.11. The van der Waals surface area contributed by atoms with E-state index in [1.807, 2.05) is 25.2 Å². The molecular weight excluding hydrogens is 268 g/mol. The topological polar surface area (TPSA) is 47.3 Å². The number of methoxy groups -OCH3 is 1. The largest absolute Gasteiger partial charge is 0.496 e. The van der Waals surface area contributed by atoms with Gasteiger partial charge < -0.3 is 15.8 Å². The second-order valence-corrected chi connectivity index (χ2v) is 5.20. The fraction of sp³-hybridized carbons (Fsp3) is 0.500. The Labute approximate surface area is 105 Å². The zero-order chi connectivity index (χ0) is 12.3. The lowest BCUT2D eigenvalue weighted by molar-refractivity contribution is 0.348. The third-order valence-electron chi connectivity index (χ3n) is 2.96. The number of halogens is 1. The van der Waals surface area contributed by atoms with E-state index in [0.717, 1.165) is 15.8 Å². The van der Waals surface area contributed by atoms with Crippen LogP contribution in [-0.2, 0) is 0 Å². The smallest absolute Gasteiger partial charge is 0.133 e. The SMILES string of the molecule is CNC(C)(C)C(N)c1ccc(OC)c(Br)c1. The molecule has 3 nitrogen and oxygen atoms in total. The van der Waals surface area contributed by atoms with Crippen LogP contribution in [0.2, 0.25) is 0 Å². The third-order valence-corrected chi connectivity index (χ3v) is 3.58. The molecule has 0 aromatic heterocycles. The molecule has 1 atom stereocenters. The van der Waals surface area contributed by atoms with E-state index in [2.05, 4.69) is 35.1 Å². The van der Waals surface area contributed by atoms with Gasteiger partial charge in [0.15, 0.2) is 0 Å². The van der Waals surface area contributed by atoms with Crippen molar-refractivity contribution in [3.8, 4) is 5.75 Å². The van der Waals surface area contributed by atoms with Crippen molar-refractivity contribution in [2.75, 3.05) is 14.2 Å². The van der Waals surface area contributed by atoms with Crippen LogP contribution in [0.4, 0.5) is 0 Å². The van der Waals surface area contributed by atoms with Gasteiger partial charge in [0.25, 0.3) is 0 Å². The Morgan fingerprint density at radius 1 is 1.44 bits per heavy atom. The molecule has 0 aliphatic rings. The van der Waals surface area contributed by atoms with Gasteiger partial charge in [-0.1, -0.05) is 6.07 Å². The summed E-state index contributed by atoms with van der Waals surface area (Å²) in [6, 6.07) is 5.85. The molecule has 90 valence electrons. The molecule has 0 fully saturated rings. The maximum atomic E-state index is 6.22. The van der Waals surface area contributed by atoms with Crippen LogP contribution in [-0.4, -0.2) is 19.7 Å². The molecule has 1 aromatic carbocycles. The van der Waals surface area contributed by atoms with E-state index >= 15 is 0 Å². The van der Waals surface area contributed by atoms with E-state index in [9.17, 15) is 0 Å². The highest BCUT2D eigenvalue weighted by atomic mass is 79.9. The monoisotopic (exact) mass is 286 g/mol. The Morgan fingerprint density at radius 2 is 2.06 bits per heavy atom. The molecule has 0 amide bonds. The fourth-order valence-corrected chi connectivity index (χ4v) is 2.01. The minimum atomic E-state index is -0.145. The molecule has 3 N–H and O–H groups in total. The molecule has 0 aliphatic heterocycles. The van der Waals surface area contributed by atoms with Crippen LogP contribution in [0, 0.1) is 0 Å². The van der Waals surface area contributed by atoms with E-state index in [1.54, 1.807) is 7.11 Å². The number of nitrogens with two attached hydrogens (primary N) is 1. The maximum Gasteiger partial charge on any atom is 0.133 e. The summed E-state index contributed by atoms with van der Waals surface area (Å²) in [5.41, 5.74) is 7.15. The van der Waals surface area contributed by atoms with Gasteiger partial charge in [-0.25, -0.2) is 0 Å². The normalized spacial score (nSPS) is 13.6. The average Bonchev–Trinajstić information content (AvgIpc) is 2.27. The lowest BCUT2D eigenvalue weighted by Crippen LogP contribution is -2.46. The highest BCUT2D eigenvalue weighted by Gasteiger charge is 2.25. The zero-order valence-electron chi connectivity index (χ0n) is 10.2. The van der Waals surface area contributed by atoms with Crippen molar-refractivity contribution in [1.29, 1.82) is 0 Å². The van der Waals surface area contributed by atoms with Gasteiger partial charge in [-0.05, 0) is 54.5 Å². The van der Waals surface area contributed by atoms with Crippen molar-refractivity contribution < 1.29 is 4.74 Å². The van der Waals surface area contributed by atoms with Crippen LogP contribution in [0.1, 0.15) is 25.5 Å². The van der Waals surface area contributed by atoms with E-state index in [0.29, 0.717) is 0 Å². The zero-order valence-corrected chi connectivity index (χ0v) is 11.8. The van der Waals surface area contributed by atoms with Gasteiger partial charge in [-0.15, -0.1) is 0 Å². The van der Waals surface area contributed by atoms with Gasteiger partial charge >= 0.3 is 0 Å². The summed E-state index contributed by atoms with van der Waals surface area (Å²) in [5.74, 6) is 0.818. The van der Waals surface area contributed by atoms with Crippen molar-refractivity contribution in [3.63, 3.8) is 0 Å². The van der Waals surface area contributed by atoms with Crippen LogP contribution in [0.25, 0.3) is 0 Å². The van der Waals surface area contributed by atoms with E-state index < -0.39 is 0 Å². The van der Waals surface area contributed by atoms with Gasteiger partial charge in [0.1, 0.15) is 5.75 Å². The average molecular weight is 287 g/mol. The first-order valence-corrected chi connectivity index (χ1v) is 5.99. The number of benzene rings is 1. The van der Waals surface area contributed by atoms with Gasteiger partial charge in [-0.3, -0.25) is 0 Å². The van der Waals surface area contributed by atoms with Crippen LogP contribution >= 0.6 is 15.9 Å². The second-order valence-electron chi connectivity index (χ2n) is 4.34. The van der Waals surface area contributed by atoms with Crippen molar-refractivity contribution in [2.24, 2.45) is 5.73 Å². The Morgan fingerprint density at radius 3 is 2.50 bits per heavy atom. The molecular formula is C12H19BrN2O. The summed E-state index contributed by atoms with van der Waals surface area (Å²) >= 11 is 3.46. The quantitative estimate of drug-likeness (QED) is 0.894. The van der Waals surface area contributed by atoms with Crippen molar-refractivity contribution >= 4 is 15.9 Å². The first-order chi connectivity index (χ1) is 7.42. The number of nitrogens with one attached hydrogen (secondary N) is 1. The van der Waals surface area contributed by atoms with Crippen LogP contribution < -0.4 is 15.8 Å². The predicted molar refractivity (Wildman–Crippen MR) is 70.8 cm³/mol. The number of rotatable bonds is 4. The summed E-state index contributed by atoms with van der Waals surface area (Å²) in [6.45, 7) is 4.16. The molecule has 0 heterocycles. The van der Waals surface area contributed by atoms with E-state index in [4.69, 9.17) is 10.5 Å². The minimum Gasteiger partial charge on any atom is -0.496 e. The Kier molecular flexibility index (Phi) is 4.35. The maximum absolute atomic E-state index is 6.22. The minimum absolute atomic E-state index is 0.0697. The molecule has 0 spiro atoms. The molecule has 0 saturated heterocycles. The Bertz CT molecular complexity index is 366.